The van der Waals surface area contributed by atoms with Gasteiger partial charge in [0.25, 0.3) is 5.56 Å². The third-order valence-electron chi connectivity index (χ3n) is 3.72. The largest absolute Gasteiger partial charge is 0.326 e. The predicted octanol–water partition coefficient (Wildman–Crippen LogP) is 2.26. The maximum Gasteiger partial charge on any atom is 0.262 e. The van der Waals surface area contributed by atoms with Crippen molar-refractivity contribution in [2.45, 2.75) is 20.4 Å². The van der Waals surface area contributed by atoms with Crippen LogP contribution in [-0.2, 0) is 16.1 Å². The van der Waals surface area contributed by atoms with Gasteiger partial charge in [0.2, 0.25) is 11.8 Å². The monoisotopic (exact) mass is 384 g/mol. The van der Waals surface area contributed by atoms with Gasteiger partial charge in [-0.1, -0.05) is 0 Å². The van der Waals surface area contributed by atoms with Crippen molar-refractivity contribution in [2.24, 2.45) is 0 Å². The smallest absolute Gasteiger partial charge is 0.262 e. The van der Waals surface area contributed by atoms with Gasteiger partial charge >= 0.3 is 0 Å². The van der Waals surface area contributed by atoms with E-state index in [1.54, 1.807) is 17.5 Å². The van der Waals surface area contributed by atoms with Gasteiger partial charge in [-0.05, 0) is 29.6 Å². The van der Waals surface area contributed by atoms with E-state index in [-0.39, 0.29) is 41.0 Å². The molecule has 0 saturated carbocycles. The number of carbonyl (C=O) groups is 3. The lowest BCUT2D eigenvalue weighted by Crippen LogP contribution is -2.25. The summed E-state index contributed by atoms with van der Waals surface area (Å²) in [4.78, 5) is 52.7. The maximum atomic E-state index is 12.8. The van der Waals surface area contributed by atoms with E-state index in [4.69, 9.17) is 0 Å². The number of benzene rings is 1. The van der Waals surface area contributed by atoms with Gasteiger partial charge in [0.15, 0.2) is 5.78 Å². The summed E-state index contributed by atoms with van der Waals surface area (Å²) < 4.78 is 1.23. The molecule has 2 heterocycles. The molecule has 0 aliphatic rings. The van der Waals surface area contributed by atoms with Crippen LogP contribution in [0.4, 0.5) is 11.4 Å². The van der Waals surface area contributed by atoms with Crippen LogP contribution in [0.5, 0.6) is 0 Å². The normalized spacial score (nSPS) is 10.6. The molecule has 0 atom stereocenters. The molecule has 2 N–H and O–H groups in total. The molecule has 3 aromatic rings. The lowest BCUT2D eigenvalue weighted by atomic mass is 10.1. The summed E-state index contributed by atoms with van der Waals surface area (Å²) in [5.41, 5.74) is 0.639. The van der Waals surface area contributed by atoms with Gasteiger partial charge in [-0.2, -0.15) is 0 Å². The fourth-order valence-corrected chi connectivity index (χ4v) is 3.33. The van der Waals surface area contributed by atoms with Crippen molar-refractivity contribution in [2.75, 3.05) is 10.6 Å². The second-order valence-corrected chi connectivity index (χ2v) is 6.76. The van der Waals surface area contributed by atoms with Gasteiger partial charge in [-0.15, -0.1) is 11.3 Å². The quantitative estimate of drug-likeness (QED) is 0.656. The lowest BCUT2D eigenvalue weighted by Gasteiger charge is -2.12. The fraction of sp³-hybridized carbons (Fsp3) is 0.167. The Morgan fingerprint density at radius 3 is 2.56 bits per heavy atom. The van der Waals surface area contributed by atoms with Crippen molar-refractivity contribution in [3.05, 3.63) is 51.9 Å². The first kappa shape index (κ1) is 18.5. The molecule has 0 spiro atoms. The van der Waals surface area contributed by atoms with Gasteiger partial charge in [0, 0.05) is 25.1 Å². The number of carbonyl (C=O) groups excluding carboxylic acids is 3. The average Bonchev–Trinajstić information content (AvgIpc) is 3.06. The number of rotatable bonds is 5. The van der Waals surface area contributed by atoms with E-state index >= 15 is 0 Å². The summed E-state index contributed by atoms with van der Waals surface area (Å²) >= 11 is 1.35. The van der Waals surface area contributed by atoms with Gasteiger partial charge < -0.3 is 10.6 Å². The summed E-state index contributed by atoms with van der Waals surface area (Å²) in [6.07, 6.45) is 1.34. The maximum absolute atomic E-state index is 12.8. The molecule has 9 heteroatoms. The Balaban J connectivity index is 1.94. The molecule has 3 rings (SSSR count). The van der Waals surface area contributed by atoms with Crippen molar-refractivity contribution < 1.29 is 14.4 Å². The van der Waals surface area contributed by atoms with Crippen LogP contribution >= 0.6 is 11.3 Å². The number of hydrogen-bond acceptors (Lipinski definition) is 6. The molecule has 8 nitrogen and oxygen atoms in total. The molecule has 1 aromatic carbocycles. The number of aromatic nitrogens is 2. The molecule has 27 heavy (non-hydrogen) atoms. The van der Waals surface area contributed by atoms with Gasteiger partial charge in [0.1, 0.15) is 4.83 Å². The van der Waals surface area contributed by atoms with Gasteiger partial charge in [-0.3, -0.25) is 23.7 Å². The van der Waals surface area contributed by atoms with Crippen molar-refractivity contribution in [1.29, 1.82) is 0 Å². The molecule has 2 aromatic heterocycles. The zero-order valence-corrected chi connectivity index (χ0v) is 15.4. The van der Waals surface area contributed by atoms with Crippen LogP contribution in [0.2, 0.25) is 0 Å². The van der Waals surface area contributed by atoms with Crippen LogP contribution in [0.1, 0.15) is 24.2 Å². The summed E-state index contributed by atoms with van der Waals surface area (Å²) in [5.74, 6) is -1.00. The molecule has 0 saturated heterocycles. The molecule has 0 unspecified atom stereocenters. The predicted molar refractivity (Wildman–Crippen MR) is 103 cm³/mol. The van der Waals surface area contributed by atoms with E-state index < -0.39 is 0 Å². The highest BCUT2D eigenvalue weighted by molar-refractivity contribution is 7.16. The number of nitrogens with zero attached hydrogens (tertiary/aromatic N) is 2. The Bertz CT molecular complexity index is 1120. The number of hydrogen-bond donors (Lipinski definition) is 2. The Kier molecular flexibility index (Phi) is 5.13. The number of fused-ring (bicyclic) bond motifs is 1. The third-order valence-corrected chi connectivity index (χ3v) is 4.54. The molecule has 0 bridgehead atoms. The first-order valence-corrected chi connectivity index (χ1v) is 8.88. The molecule has 0 aliphatic heterocycles. The molecular formula is C18H16N4O4S. The molecule has 2 amide bonds. The molecule has 0 fully saturated rings. The number of Topliss-reactive ketones (excluding diaryl/α,β-unsaturated/α-hetero) is 1. The third kappa shape index (κ3) is 4.09. The van der Waals surface area contributed by atoms with Crippen LogP contribution < -0.4 is 16.2 Å². The molecule has 0 radical (unpaired) electrons. The number of anilines is 2. The lowest BCUT2D eigenvalue weighted by molar-refractivity contribution is -0.115. The molecular weight excluding hydrogens is 368 g/mol. The zero-order valence-electron chi connectivity index (χ0n) is 14.6. The highest BCUT2D eigenvalue weighted by Crippen LogP contribution is 2.22. The van der Waals surface area contributed by atoms with E-state index in [0.717, 1.165) is 0 Å². The minimum Gasteiger partial charge on any atom is -0.326 e. The van der Waals surface area contributed by atoms with Crippen LogP contribution in [0, 0.1) is 0 Å². The Morgan fingerprint density at radius 2 is 1.85 bits per heavy atom. The number of amides is 2. The molecule has 0 aliphatic carbocycles. The van der Waals surface area contributed by atoms with E-state index in [1.807, 2.05) is 0 Å². The number of ketones is 1. The van der Waals surface area contributed by atoms with Crippen LogP contribution in [-0.4, -0.2) is 27.1 Å². The van der Waals surface area contributed by atoms with Gasteiger partial charge in [0.05, 0.1) is 23.9 Å². The topological polar surface area (TPSA) is 110 Å². The first-order valence-electron chi connectivity index (χ1n) is 8.00. The Labute approximate surface area is 157 Å². The first-order chi connectivity index (χ1) is 12.8. The Hall–Kier alpha value is -3.33. The van der Waals surface area contributed by atoms with E-state index in [0.29, 0.717) is 15.9 Å². The second kappa shape index (κ2) is 7.50. The summed E-state index contributed by atoms with van der Waals surface area (Å²) in [5, 5.41) is 7.40. The second-order valence-electron chi connectivity index (χ2n) is 5.86. The average molecular weight is 384 g/mol. The summed E-state index contributed by atoms with van der Waals surface area (Å²) in [7, 11) is 0. The standard InChI is InChI=1S/C18H16N4O4S/c1-10(23)20-12-3-4-13(15(7-12)21-11(2)24)16(25)8-22-9-19-17-14(18(22)26)5-6-27-17/h3-7,9H,8H2,1-2H3,(H,20,23)(H,21,24). The van der Waals surface area contributed by atoms with E-state index in [9.17, 15) is 19.2 Å². The zero-order chi connectivity index (χ0) is 19.6. The van der Waals surface area contributed by atoms with Crippen molar-refractivity contribution in [3.8, 4) is 0 Å². The number of thiophene rings is 1. The van der Waals surface area contributed by atoms with E-state index in [1.165, 1.54) is 48.2 Å². The van der Waals surface area contributed by atoms with Crippen molar-refractivity contribution in [3.63, 3.8) is 0 Å². The summed E-state index contributed by atoms with van der Waals surface area (Å²) in [6, 6.07) is 6.23. The number of nitrogens with one attached hydrogen (secondary N) is 2. The highest BCUT2D eigenvalue weighted by atomic mass is 32.1. The van der Waals surface area contributed by atoms with Crippen LogP contribution in [0.15, 0.2) is 40.8 Å². The summed E-state index contributed by atoms with van der Waals surface area (Å²) in [6.45, 7) is 2.46. The molecule has 138 valence electrons. The minimum atomic E-state index is -0.369. The SMILES string of the molecule is CC(=O)Nc1ccc(C(=O)Cn2cnc3sccc3c2=O)c(NC(C)=O)c1. The van der Waals surface area contributed by atoms with Crippen molar-refractivity contribution >= 4 is 50.5 Å². The van der Waals surface area contributed by atoms with Crippen molar-refractivity contribution in [1.82, 2.24) is 9.55 Å². The van der Waals surface area contributed by atoms with Gasteiger partial charge in [-0.25, -0.2) is 4.98 Å². The van der Waals surface area contributed by atoms with Crippen LogP contribution in [0.25, 0.3) is 10.2 Å². The fourth-order valence-electron chi connectivity index (χ4n) is 2.61. The van der Waals surface area contributed by atoms with E-state index in [2.05, 4.69) is 15.6 Å². The Morgan fingerprint density at radius 1 is 1.11 bits per heavy atom. The minimum absolute atomic E-state index is 0.219. The highest BCUT2D eigenvalue weighted by Gasteiger charge is 2.16. The van der Waals surface area contributed by atoms with Crippen LogP contribution in [0.3, 0.4) is 0 Å².